The normalized spacial score (nSPS) is 14.7. The van der Waals surface area contributed by atoms with Crippen molar-refractivity contribution in [2.75, 3.05) is 13.4 Å². The predicted molar refractivity (Wildman–Crippen MR) is 77.8 cm³/mol. The molecule has 8 heteroatoms. The van der Waals surface area contributed by atoms with E-state index in [9.17, 15) is 18.0 Å². The van der Waals surface area contributed by atoms with E-state index < -0.39 is 32.0 Å². The molecule has 0 bridgehead atoms. The third-order valence-electron chi connectivity index (χ3n) is 2.90. The minimum absolute atomic E-state index is 0. The van der Waals surface area contributed by atoms with E-state index >= 15 is 0 Å². The molecule has 0 aromatic carbocycles. The number of nitrogens with zero attached hydrogens (tertiary/aromatic N) is 1. The number of allylic oxidation sites excluding steroid dienone is 4. The second-order valence-corrected chi connectivity index (χ2v) is 6.43. The van der Waals surface area contributed by atoms with E-state index in [0.29, 0.717) is 5.57 Å². The van der Waals surface area contributed by atoms with Crippen LogP contribution in [0.3, 0.4) is 0 Å². The van der Waals surface area contributed by atoms with Gasteiger partial charge in [-0.05, 0) is 12.8 Å². The van der Waals surface area contributed by atoms with Gasteiger partial charge in [-0.1, -0.05) is 18.2 Å². The number of rotatable bonds is 3. The first-order chi connectivity index (χ1) is 9.84. The molecule has 1 aromatic heterocycles. The van der Waals surface area contributed by atoms with Crippen LogP contribution in [0.1, 0.15) is 30.5 Å². The summed E-state index contributed by atoms with van der Waals surface area (Å²) in [5, 5.41) is -0.576. The van der Waals surface area contributed by atoms with Gasteiger partial charge in [-0.15, -0.1) is 0 Å². The topological polar surface area (TPSA) is 106 Å². The first-order valence-electron chi connectivity index (χ1n) is 6.14. The smallest absolute Gasteiger partial charge is 0.346 e. The molecule has 2 rings (SSSR count). The number of nitrogens with one attached hydrogen (secondary N) is 1. The van der Waals surface area contributed by atoms with E-state index in [1.54, 1.807) is 6.08 Å². The van der Waals surface area contributed by atoms with Crippen molar-refractivity contribution in [1.29, 1.82) is 0 Å². The van der Waals surface area contributed by atoms with E-state index in [1.807, 2.05) is 12.2 Å². The molecule has 0 unspecified atom stereocenters. The van der Waals surface area contributed by atoms with Gasteiger partial charge in [0.25, 0.3) is 5.56 Å². The standard InChI is InChI=1S/C13H14N2O5S.H2/c1-20-13(17)9-11(16)14-10(8-6-4-3-5-7-8)15-12(9)21(2,18)19;/h4,6-7H,3,5H2,1-2H3,(H,14,15,16);1H. The van der Waals surface area contributed by atoms with Crippen molar-refractivity contribution in [3.8, 4) is 0 Å². The fourth-order valence-electron chi connectivity index (χ4n) is 1.93. The summed E-state index contributed by atoms with van der Waals surface area (Å²) in [7, 11) is -2.79. The highest BCUT2D eigenvalue weighted by molar-refractivity contribution is 7.90. The zero-order valence-corrected chi connectivity index (χ0v) is 12.4. The number of carbonyl (C=O) groups excluding carboxylic acids is 1. The van der Waals surface area contributed by atoms with Crippen molar-refractivity contribution in [2.24, 2.45) is 0 Å². The van der Waals surface area contributed by atoms with Crippen molar-refractivity contribution in [2.45, 2.75) is 17.9 Å². The van der Waals surface area contributed by atoms with E-state index in [2.05, 4.69) is 14.7 Å². The Morgan fingerprint density at radius 1 is 1.43 bits per heavy atom. The first-order valence-corrected chi connectivity index (χ1v) is 8.03. The number of methoxy groups -OCH3 is 1. The van der Waals surface area contributed by atoms with Crippen LogP contribution in [0.5, 0.6) is 0 Å². The van der Waals surface area contributed by atoms with Crippen LogP contribution in [-0.4, -0.2) is 37.7 Å². The van der Waals surface area contributed by atoms with Crippen LogP contribution in [0, 0.1) is 0 Å². The SMILES string of the molecule is COC(=O)c1c(S(C)(=O)=O)nc(C2=CCCC=C2)[nH]c1=O.[HH]. The molecule has 0 atom stereocenters. The largest absolute Gasteiger partial charge is 0.465 e. The summed E-state index contributed by atoms with van der Waals surface area (Å²) in [5.41, 5.74) is -0.837. The minimum Gasteiger partial charge on any atom is -0.465 e. The number of aromatic amines is 1. The number of ether oxygens (including phenoxy) is 1. The quantitative estimate of drug-likeness (QED) is 0.657. The zero-order valence-electron chi connectivity index (χ0n) is 11.5. The molecule has 1 aromatic rings. The van der Waals surface area contributed by atoms with E-state index in [0.717, 1.165) is 26.2 Å². The molecule has 0 aliphatic heterocycles. The van der Waals surface area contributed by atoms with Crippen molar-refractivity contribution < 1.29 is 19.4 Å². The van der Waals surface area contributed by atoms with Crippen LogP contribution < -0.4 is 5.56 Å². The summed E-state index contributed by atoms with van der Waals surface area (Å²) in [6.07, 6.45) is 7.99. The summed E-state index contributed by atoms with van der Waals surface area (Å²) < 4.78 is 28.0. The van der Waals surface area contributed by atoms with Gasteiger partial charge in [-0.25, -0.2) is 18.2 Å². The second-order valence-electron chi connectivity index (χ2n) is 4.50. The number of hydrogen-bond acceptors (Lipinski definition) is 6. The molecular formula is C13H16N2O5S. The average molecular weight is 312 g/mol. The van der Waals surface area contributed by atoms with Crippen LogP contribution >= 0.6 is 0 Å². The Balaban J connectivity index is 0.00000242. The van der Waals surface area contributed by atoms with Crippen molar-refractivity contribution in [3.63, 3.8) is 0 Å². The van der Waals surface area contributed by atoms with Gasteiger partial charge in [0.1, 0.15) is 5.82 Å². The molecule has 7 nitrogen and oxygen atoms in total. The second kappa shape index (κ2) is 5.65. The fourth-order valence-corrected chi connectivity index (χ4v) is 2.73. The predicted octanol–water partition coefficient (Wildman–Crippen LogP) is 0.939. The highest BCUT2D eigenvalue weighted by Crippen LogP contribution is 2.19. The van der Waals surface area contributed by atoms with Crippen LogP contribution in [0.4, 0.5) is 0 Å². The van der Waals surface area contributed by atoms with E-state index in [1.165, 1.54) is 0 Å². The lowest BCUT2D eigenvalue weighted by Crippen LogP contribution is -2.26. The van der Waals surface area contributed by atoms with Crippen molar-refractivity contribution in [1.82, 2.24) is 9.97 Å². The Kier molecular flexibility index (Phi) is 4.08. The maximum Gasteiger partial charge on any atom is 0.346 e. The van der Waals surface area contributed by atoms with Crippen molar-refractivity contribution >= 4 is 21.4 Å². The molecule has 0 fully saturated rings. The zero-order chi connectivity index (χ0) is 15.6. The number of hydrogen-bond donors (Lipinski definition) is 1. The molecule has 1 aliphatic rings. The third kappa shape index (κ3) is 3.10. The minimum atomic E-state index is -3.86. The van der Waals surface area contributed by atoms with Gasteiger partial charge in [-0.3, -0.25) is 4.79 Å². The number of aromatic nitrogens is 2. The molecular weight excluding hydrogens is 296 g/mol. The van der Waals surface area contributed by atoms with Crippen LogP contribution in [0.15, 0.2) is 28.0 Å². The molecule has 21 heavy (non-hydrogen) atoms. The molecule has 0 saturated carbocycles. The fraction of sp³-hybridized carbons (Fsp3) is 0.308. The number of H-pyrrole nitrogens is 1. The molecule has 1 N–H and O–H groups in total. The summed E-state index contributed by atoms with van der Waals surface area (Å²) in [6, 6.07) is 0. The maximum absolute atomic E-state index is 12.0. The Bertz CT molecular complexity index is 808. The number of carbonyl (C=O) groups is 1. The van der Waals surface area contributed by atoms with Crippen LogP contribution in [0.2, 0.25) is 0 Å². The van der Waals surface area contributed by atoms with Gasteiger partial charge in [0.05, 0.1) is 7.11 Å². The number of esters is 1. The van der Waals surface area contributed by atoms with E-state index in [-0.39, 0.29) is 7.25 Å². The highest BCUT2D eigenvalue weighted by Gasteiger charge is 2.26. The molecule has 0 radical (unpaired) electrons. The van der Waals surface area contributed by atoms with Gasteiger partial charge < -0.3 is 9.72 Å². The summed E-state index contributed by atoms with van der Waals surface area (Å²) >= 11 is 0. The Labute approximate surface area is 122 Å². The molecule has 0 amide bonds. The summed E-state index contributed by atoms with van der Waals surface area (Å²) in [5.74, 6) is -0.923. The van der Waals surface area contributed by atoms with Gasteiger partial charge in [0.15, 0.2) is 20.4 Å². The maximum atomic E-state index is 12.0. The highest BCUT2D eigenvalue weighted by atomic mass is 32.2. The monoisotopic (exact) mass is 312 g/mol. The number of sulfone groups is 1. The van der Waals surface area contributed by atoms with Crippen LogP contribution in [0.25, 0.3) is 5.57 Å². The van der Waals surface area contributed by atoms with Gasteiger partial charge in [-0.2, -0.15) is 0 Å². The third-order valence-corrected chi connectivity index (χ3v) is 3.89. The lowest BCUT2D eigenvalue weighted by molar-refractivity contribution is 0.0593. The molecule has 1 aliphatic carbocycles. The summed E-state index contributed by atoms with van der Waals surface area (Å²) in [6.45, 7) is 0. The Morgan fingerprint density at radius 3 is 2.67 bits per heavy atom. The lowest BCUT2D eigenvalue weighted by Gasteiger charge is -2.10. The Hall–Kier alpha value is -2.22. The van der Waals surface area contributed by atoms with Crippen LogP contribution in [-0.2, 0) is 14.6 Å². The van der Waals surface area contributed by atoms with Crippen molar-refractivity contribution in [3.05, 3.63) is 40.0 Å². The molecule has 1 heterocycles. The lowest BCUT2D eigenvalue weighted by atomic mass is 10.1. The first kappa shape index (κ1) is 15.2. The summed E-state index contributed by atoms with van der Waals surface area (Å²) in [4.78, 5) is 30.0. The molecule has 0 saturated heterocycles. The van der Waals surface area contributed by atoms with Gasteiger partial charge in [0, 0.05) is 13.3 Å². The van der Waals surface area contributed by atoms with Gasteiger partial charge >= 0.3 is 5.97 Å². The molecule has 0 spiro atoms. The molecule has 114 valence electrons. The van der Waals surface area contributed by atoms with Gasteiger partial charge in [0.2, 0.25) is 0 Å². The Morgan fingerprint density at radius 2 is 2.14 bits per heavy atom. The average Bonchev–Trinajstić information content (AvgIpc) is 2.45. The van der Waals surface area contributed by atoms with E-state index in [4.69, 9.17) is 0 Å².